The van der Waals surface area contributed by atoms with Crippen molar-refractivity contribution in [2.24, 2.45) is 0 Å². The van der Waals surface area contributed by atoms with Crippen LogP contribution in [0.1, 0.15) is 50.0 Å². The van der Waals surface area contributed by atoms with E-state index in [0.29, 0.717) is 30.8 Å². The van der Waals surface area contributed by atoms with E-state index >= 15 is 0 Å². The van der Waals surface area contributed by atoms with Crippen molar-refractivity contribution in [3.63, 3.8) is 0 Å². The fraction of sp³-hybridized carbons (Fsp3) is 0.300. The highest BCUT2D eigenvalue weighted by atomic mass is 16.5. The number of methoxy groups -OCH3 is 1. The minimum absolute atomic E-state index is 0.204. The molecule has 0 spiro atoms. The van der Waals surface area contributed by atoms with Gasteiger partial charge in [0.2, 0.25) is 0 Å². The van der Waals surface area contributed by atoms with E-state index < -0.39 is 11.9 Å². The zero-order valence-electron chi connectivity index (χ0n) is 15.7. The van der Waals surface area contributed by atoms with Crippen LogP contribution in [0.5, 0.6) is 0 Å². The third-order valence-electron chi connectivity index (χ3n) is 4.51. The van der Waals surface area contributed by atoms with Crippen LogP contribution in [-0.2, 0) is 17.7 Å². The predicted octanol–water partition coefficient (Wildman–Crippen LogP) is 2.17. The standard InChI is InChI=1S/C20H22N4O4/c1-3-11-21-18(25)16-15-6-4-5-12-24(15)17(23-16)19(26)22-14-9-7-13(8-10-14)20(27)28-2/h3,7-10H,1,4-6,11-12H2,2H3,(H,21,25)(H,22,26). The molecule has 1 aromatic heterocycles. The summed E-state index contributed by atoms with van der Waals surface area (Å²) in [7, 11) is 1.31. The average Bonchev–Trinajstić information content (AvgIpc) is 3.12. The molecule has 0 aliphatic carbocycles. The molecule has 3 rings (SSSR count). The van der Waals surface area contributed by atoms with Crippen molar-refractivity contribution >= 4 is 23.5 Å². The lowest BCUT2D eigenvalue weighted by Crippen LogP contribution is -2.25. The average molecular weight is 382 g/mol. The van der Waals surface area contributed by atoms with Gasteiger partial charge in [0.15, 0.2) is 5.82 Å². The molecule has 28 heavy (non-hydrogen) atoms. The number of aromatic nitrogens is 2. The molecule has 2 amide bonds. The number of carbonyl (C=O) groups is 3. The Kier molecular flexibility index (Phi) is 5.88. The summed E-state index contributed by atoms with van der Waals surface area (Å²) in [5, 5.41) is 5.48. The lowest BCUT2D eigenvalue weighted by molar-refractivity contribution is 0.0600. The molecule has 8 heteroatoms. The Morgan fingerprint density at radius 1 is 1.21 bits per heavy atom. The number of amides is 2. The number of ether oxygens (including phenoxy) is 1. The van der Waals surface area contributed by atoms with Gasteiger partial charge in [-0.3, -0.25) is 9.59 Å². The Morgan fingerprint density at radius 3 is 2.64 bits per heavy atom. The number of fused-ring (bicyclic) bond motifs is 1. The molecule has 1 aromatic carbocycles. The maximum atomic E-state index is 12.8. The van der Waals surface area contributed by atoms with E-state index in [2.05, 4.69) is 26.9 Å². The fourth-order valence-corrected chi connectivity index (χ4v) is 3.14. The van der Waals surface area contributed by atoms with E-state index in [4.69, 9.17) is 0 Å². The van der Waals surface area contributed by atoms with Crippen LogP contribution in [0.3, 0.4) is 0 Å². The van der Waals surface area contributed by atoms with Gasteiger partial charge in [-0.15, -0.1) is 6.58 Å². The molecule has 1 aliphatic heterocycles. The highest BCUT2D eigenvalue weighted by Gasteiger charge is 2.27. The molecule has 1 aliphatic rings. The third-order valence-corrected chi connectivity index (χ3v) is 4.51. The zero-order valence-corrected chi connectivity index (χ0v) is 15.7. The quantitative estimate of drug-likeness (QED) is 0.589. The highest BCUT2D eigenvalue weighted by molar-refractivity contribution is 6.04. The largest absolute Gasteiger partial charge is 0.465 e. The molecule has 0 saturated carbocycles. The summed E-state index contributed by atoms with van der Waals surface area (Å²) in [6, 6.07) is 6.36. The molecule has 0 radical (unpaired) electrons. The van der Waals surface area contributed by atoms with Crippen molar-refractivity contribution in [3.8, 4) is 0 Å². The van der Waals surface area contributed by atoms with E-state index in [1.54, 1.807) is 30.3 Å². The van der Waals surface area contributed by atoms with Gasteiger partial charge in [0.1, 0.15) is 5.69 Å². The molecule has 0 bridgehead atoms. The van der Waals surface area contributed by atoms with E-state index in [-0.39, 0.29) is 17.4 Å². The Morgan fingerprint density at radius 2 is 1.96 bits per heavy atom. The summed E-state index contributed by atoms with van der Waals surface area (Å²) in [5.41, 5.74) is 1.97. The summed E-state index contributed by atoms with van der Waals surface area (Å²) < 4.78 is 6.47. The van der Waals surface area contributed by atoms with Gasteiger partial charge in [-0.1, -0.05) is 6.08 Å². The Bertz CT molecular complexity index is 915. The lowest BCUT2D eigenvalue weighted by atomic mass is 10.1. The van der Waals surface area contributed by atoms with E-state index in [1.807, 2.05) is 4.57 Å². The van der Waals surface area contributed by atoms with Crippen LogP contribution < -0.4 is 10.6 Å². The molecule has 0 fully saturated rings. The smallest absolute Gasteiger partial charge is 0.337 e. The van der Waals surface area contributed by atoms with Crippen LogP contribution in [0.4, 0.5) is 5.69 Å². The van der Waals surface area contributed by atoms with E-state index in [1.165, 1.54) is 7.11 Å². The van der Waals surface area contributed by atoms with E-state index in [0.717, 1.165) is 18.5 Å². The highest BCUT2D eigenvalue weighted by Crippen LogP contribution is 2.22. The maximum Gasteiger partial charge on any atom is 0.337 e. The second-order valence-corrected chi connectivity index (χ2v) is 6.36. The number of carbonyl (C=O) groups excluding carboxylic acids is 3. The Labute approximate surface area is 162 Å². The number of rotatable bonds is 6. The zero-order chi connectivity index (χ0) is 20.1. The molecule has 146 valence electrons. The van der Waals surface area contributed by atoms with Crippen molar-refractivity contribution < 1.29 is 19.1 Å². The summed E-state index contributed by atoms with van der Waals surface area (Å²) in [5.74, 6) is -0.963. The number of nitrogens with one attached hydrogen (secondary N) is 2. The maximum absolute atomic E-state index is 12.8. The SMILES string of the molecule is C=CCNC(=O)c1nc(C(=O)Nc2ccc(C(=O)OC)cc2)n2c1CCCC2. The monoisotopic (exact) mass is 382 g/mol. The second kappa shape index (κ2) is 8.51. The van der Waals surface area contributed by atoms with Gasteiger partial charge in [-0.05, 0) is 43.5 Å². The van der Waals surface area contributed by atoms with Crippen molar-refractivity contribution in [2.45, 2.75) is 25.8 Å². The molecular weight excluding hydrogens is 360 g/mol. The van der Waals surface area contributed by atoms with Crippen molar-refractivity contribution in [2.75, 3.05) is 19.0 Å². The summed E-state index contributed by atoms with van der Waals surface area (Å²) in [6.07, 6.45) is 4.16. The van der Waals surface area contributed by atoms with Crippen LogP contribution in [-0.4, -0.2) is 41.0 Å². The van der Waals surface area contributed by atoms with Crippen LogP contribution in [0.15, 0.2) is 36.9 Å². The van der Waals surface area contributed by atoms with Gasteiger partial charge < -0.3 is 19.9 Å². The predicted molar refractivity (Wildman–Crippen MR) is 103 cm³/mol. The third kappa shape index (κ3) is 3.95. The molecule has 2 heterocycles. The number of benzene rings is 1. The normalized spacial score (nSPS) is 12.6. The number of hydrogen-bond acceptors (Lipinski definition) is 5. The van der Waals surface area contributed by atoms with Gasteiger partial charge in [0.05, 0.1) is 18.4 Å². The van der Waals surface area contributed by atoms with Crippen LogP contribution in [0, 0.1) is 0 Å². The van der Waals surface area contributed by atoms with E-state index in [9.17, 15) is 14.4 Å². The summed E-state index contributed by atoms with van der Waals surface area (Å²) >= 11 is 0. The second-order valence-electron chi connectivity index (χ2n) is 6.36. The van der Waals surface area contributed by atoms with Crippen LogP contribution in [0.25, 0.3) is 0 Å². The van der Waals surface area contributed by atoms with Crippen molar-refractivity contribution in [1.29, 1.82) is 0 Å². The summed E-state index contributed by atoms with van der Waals surface area (Å²) in [4.78, 5) is 41.0. The molecular formula is C20H22N4O4. The first-order valence-electron chi connectivity index (χ1n) is 9.03. The number of nitrogens with zero attached hydrogens (tertiary/aromatic N) is 2. The molecule has 2 N–H and O–H groups in total. The number of esters is 1. The molecule has 8 nitrogen and oxygen atoms in total. The summed E-state index contributed by atoms with van der Waals surface area (Å²) in [6.45, 7) is 4.56. The molecule has 0 unspecified atom stereocenters. The Balaban J connectivity index is 1.83. The van der Waals surface area contributed by atoms with Crippen LogP contribution in [0.2, 0.25) is 0 Å². The minimum Gasteiger partial charge on any atom is -0.465 e. The topological polar surface area (TPSA) is 102 Å². The lowest BCUT2D eigenvalue weighted by Gasteiger charge is -2.17. The van der Waals surface area contributed by atoms with Gasteiger partial charge >= 0.3 is 5.97 Å². The number of hydrogen-bond donors (Lipinski definition) is 2. The van der Waals surface area contributed by atoms with Gasteiger partial charge in [0.25, 0.3) is 11.8 Å². The molecule has 0 atom stereocenters. The first-order valence-corrected chi connectivity index (χ1v) is 9.03. The number of anilines is 1. The van der Waals surface area contributed by atoms with Crippen molar-refractivity contribution in [3.05, 3.63) is 59.7 Å². The van der Waals surface area contributed by atoms with Gasteiger partial charge in [-0.25, -0.2) is 9.78 Å². The number of imidazole rings is 1. The first kappa shape index (κ1) is 19.3. The molecule has 2 aromatic rings. The first-order chi connectivity index (χ1) is 13.5. The van der Waals surface area contributed by atoms with Crippen molar-refractivity contribution in [1.82, 2.24) is 14.9 Å². The fourth-order valence-electron chi connectivity index (χ4n) is 3.14. The van der Waals surface area contributed by atoms with Gasteiger partial charge in [0, 0.05) is 18.8 Å². The minimum atomic E-state index is -0.449. The van der Waals surface area contributed by atoms with Gasteiger partial charge in [-0.2, -0.15) is 0 Å². The van der Waals surface area contributed by atoms with Crippen LogP contribution >= 0.6 is 0 Å². The Hall–Kier alpha value is -3.42. The molecule has 0 saturated heterocycles.